The number of hydrogen-bond donors (Lipinski definition) is 2. The van der Waals surface area contributed by atoms with Gasteiger partial charge in [0.25, 0.3) is 0 Å². The molecule has 0 saturated heterocycles. The average Bonchev–Trinajstić information content (AvgIpc) is 2.39. The van der Waals surface area contributed by atoms with Crippen LogP contribution in [0, 0.1) is 5.92 Å². The van der Waals surface area contributed by atoms with Crippen LogP contribution in [-0.2, 0) is 4.74 Å². The number of carbonyl (C=O) groups is 1. The van der Waals surface area contributed by atoms with Crippen LogP contribution in [0.1, 0.15) is 50.4 Å². The average molecular weight is 313 g/mol. The molecule has 0 saturated carbocycles. The van der Waals surface area contributed by atoms with Gasteiger partial charge in [-0.05, 0) is 31.4 Å². The topological polar surface area (TPSA) is 64.3 Å². The van der Waals surface area contributed by atoms with E-state index in [9.17, 15) is 4.79 Å². The first-order valence-corrected chi connectivity index (χ1v) is 7.83. The van der Waals surface area contributed by atoms with Crippen LogP contribution >= 0.6 is 11.6 Å². The van der Waals surface area contributed by atoms with E-state index >= 15 is 0 Å². The molecule has 3 N–H and O–H groups in total. The second-order valence-electron chi connectivity index (χ2n) is 5.46. The van der Waals surface area contributed by atoms with Crippen LogP contribution in [0.3, 0.4) is 0 Å². The number of unbranched alkanes of at least 4 members (excludes halogenated alkanes) is 1. The van der Waals surface area contributed by atoms with Gasteiger partial charge >= 0.3 is 5.97 Å². The summed E-state index contributed by atoms with van der Waals surface area (Å²) in [5.74, 6) is 0.302. The number of hydrogen-bond acceptors (Lipinski definition) is 4. The van der Waals surface area contributed by atoms with Crippen LogP contribution in [0.5, 0.6) is 0 Å². The van der Waals surface area contributed by atoms with Crippen molar-refractivity contribution in [1.82, 2.24) is 0 Å². The Hall–Kier alpha value is -1.42. The zero-order chi connectivity index (χ0) is 15.8. The van der Waals surface area contributed by atoms with Gasteiger partial charge in [-0.25, -0.2) is 4.79 Å². The molecule has 0 aliphatic carbocycles. The van der Waals surface area contributed by atoms with E-state index in [1.54, 1.807) is 19.1 Å². The SMILES string of the molecule is CCOC(=O)c1cc(N)cc(Cl)c1NCCCCC(C)C. The molecule has 1 rings (SSSR count). The third-order valence-corrected chi connectivity index (χ3v) is 3.42. The van der Waals surface area contributed by atoms with Crippen molar-refractivity contribution in [2.75, 3.05) is 24.2 Å². The second-order valence-corrected chi connectivity index (χ2v) is 5.87. The van der Waals surface area contributed by atoms with Crippen LogP contribution in [0.4, 0.5) is 11.4 Å². The number of nitrogens with one attached hydrogen (secondary N) is 1. The summed E-state index contributed by atoms with van der Waals surface area (Å²) in [5.41, 5.74) is 7.20. The van der Waals surface area contributed by atoms with E-state index in [1.807, 2.05) is 0 Å². The lowest BCUT2D eigenvalue weighted by Gasteiger charge is -2.14. The van der Waals surface area contributed by atoms with Crippen LogP contribution in [0.2, 0.25) is 5.02 Å². The van der Waals surface area contributed by atoms with Crippen LogP contribution in [0.25, 0.3) is 0 Å². The van der Waals surface area contributed by atoms with Gasteiger partial charge in [-0.2, -0.15) is 0 Å². The molecule has 21 heavy (non-hydrogen) atoms. The highest BCUT2D eigenvalue weighted by molar-refractivity contribution is 6.34. The van der Waals surface area contributed by atoms with Gasteiger partial charge in [0.1, 0.15) is 0 Å². The van der Waals surface area contributed by atoms with Gasteiger partial charge in [0.2, 0.25) is 0 Å². The first-order chi connectivity index (χ1) is 9.95. The lowest BCUT2D eigenvalue weighted by atomic mass is 10.1. The zero-order valence-corrected chi connectivity index (χ0v) is 13.8. The maximum absolute atomic E-state index is 12.0. The molecule has 4 nitrogen and oxygen atoms in total. The molecule has 118 valence electrons. The summed E-state index contributed by atoms with van der Waals surface area (Å²) in [6.07, 6.45) is 3.37. The minimum absolute atomic E-state index is 0.319. The van der Waals surface area contributed by atoms with E-state index in [4.69, 9.17) is 22.1 Å². The van der Waals surface area contributed by atoms with Gasteiger partial charge in [0.05, 0.1) is 22.9 Å². The largest absolute Gasteiger partial charge is 0.462 e. The maximum atomic E-state index is 12.0. The summed E-state index contributed by atoms with van der Waals surface area (Å²) >= 11 is 6.19. The van der Waals surface area contributed by atoms with Crippen molar-refractivity contribution in [3.63, 3.8) is 0 Å². The van der Waals surface area contributed by atoms with Crippen LogP contribution in [-0.4, -0.2) is 19.1 Å². The summed E-state index contributed by atoms with van der Waals surface area (Å²) in [6, 6.07) is 3.24. The second kappa shape index (κ2) is 8.78. The fourth-order valence-corrected chi connectivity index (χ4v) is 2.36. The van der Waals surface area contributed by atoms with Crippen molar-refractivity contribution in [3.05, 3.63) is 22.7 Å². The molecule has 0 radical (unpaired) electrons. The molecule has 1 aromatic rings. The van der Waals surface area contributed by atoms with Crippen molar-refractivity contribution in [3.8, 4) is 0 Å². The molecule has 0 spiro atoms. The van der Waals surface area contributed by atoms with Crippen LogP contribution < -0.4 is 11.1 Å². The fraction of sp³-hybridized carbons (Fsp3) is 0.562. The number of esters is 1. The highest BCUT2D eigenvalue weighted by atomic mass is 35.5. The highest BCUT2D eigenvalue weighted by Crippen LogP contribution is 2.30. The molecule has 0 atom stereocenters. The predicted octanol–water partition coefficient (Wildman–Crippen LogP) is 4.34. The Morgan fingerprint density at radius 3 is 2.71 bits per heavy atom. The molecular formula is C16H25ClN2O2. The molecule has 0 unspecified atom stereocenters. The Bertz CT molecular complexity index is 476. The molecule has 0 amide bonds. The molecule has 0 aromatic heterocycles. The first kappa shape index (κ1) is 17.6. The standard InChI is InChI=1S/C16H25ClN2O2/c1-4-21-16(20)13-9-12(18)10-14(17)15(13)19-8-6-5-7-11(2)3/h9-11,19H,4-8,18H2,1-3H3. The molecule has 0 bridgehead atoms. The van der Waals surface area contributed by atoms with Crippen molar-refractivity contribution in [2.45, 2.75) is 40.0 Å². The van der Waals surface area contributed by atoms with Crippen molar-refractivity contribution in [2.24, 2.45) is 5.92 Å². The van der Waals surface area contributed by atoms with Gasteiger partial charge in [0.15, 0.2) is 0 Å². The third-order valence-electron chi connectivity index (χ3n) is 3.12. The number of benzene rings is 1. The molecule has 0 aliphatic heterocycles. The number of halogens is 1. The summed E-state index contributed by atoms with van der Waals surface area (Å²) in [4.78, 5) is 12.0. The summed E-state index contributed by atoms with van der Waals surface area (Å²) in [5, 5.41) is 3.68. The Kier molecular flexibility index (Phi) is 7.37. The molecule has 0 fully saturated rings. The first-order valence-electron chi connectivity index (χ1n) is 7.45. The summed E-state index contributed by atoms with van der Waals surface area (Å²) in [7, 11) is 0. The van der Waals surface area contributed by atoms with E-state index < -0.39 is 5.97 Å². The molecular weight excluding hydrogens is 288 g/mol. The molecule has 1 aromatic carbocycles. The zero-order valence-electron chi connectivity index (χ0n) is 13.0. The minimum atomic E-state index is -0.406. The highest BCUT2D eigenvalue weighted by Gasteiger charge is 2.16. The maximum Gasteiger partial charge on any atom is 0.340 e. The van der Waals surface area contributed by atoms with Crippen molar-refractivity contribution >= 4 is 28.9 Å². The fourth-order valence-electron chi connectivity index (χ4n) is 2.07. The lowest BCUT2D eigenvalue weighted by molar-refractivity contribution is 0.0527. The Morgan fingerprint density at radius 2 is 2.10 bits per heavy atom. The quantitative estimate of drug-likeness (QED) is 0.426. The molecule has 5 heteroatoms. The minimum Gasteiger partial charge on any atom is -0.462 e. The number of carbonyl (C=O) groups excluding carboxylic acids is 1. The van der Waals surface area contributed by atoms with Gasteiger partial charge in [0, 0.05) is 12.2 Å². The van der Waals surface area contributed by atoms with Gasteiger partial charge in [-0.1, -0.05) is 38.3 Å². The van der Waals surface area contributed by atoms with Crippen molar-refractivity contribution < 1.29 is 9.53 Å². The number of anilines is 2. The monoisotopic (exact) mass is 312 g/mol. The van der Waals surface area contributed by atoms with E-state index in [1.165, 1.54) is 6.42 Å². The Balaban J connectivity index is 2.73. The van der Waals surface area contributed by atoms with Crippen LogP contribution in [0.15, 0.2) is 12.1 Å². The normalized spacial score (nSPS) is 10.7. The van der Waals surface area contributed by atoms with Gasteiger partial charge < -0.3 is 15.8 Å². The lowest BCUT2D eigenvalue weighted by Crippen LogP contribution is -2.12. The Labute approximate surface area is 132 Å². The molecule has 0 heterocycles. The van der Waals surface area contributed by atoms with E-state index in [0.717, 1.165) is 19.4 Å². The Morgan fingerprint density at radius 1 is 1.38 bits per heavy atom. The van der Waals surface area contributed by atoms with Gasteiger partial charge in [-0.15, -0.1) is 0 Å². The predicted molar refractivity (Wildman–Crippen MR) is 89.0 cm³/mol. The third kappa shape index (κ3) is 5.84. The molecule has 0 aliphatic rings. The van der Waals surface area contributed by atoms with E-state index in [2.05, 4.69) is 19.2 Å². The van der Waals surface area contributed by atoms with Crippen molar-refractivity contribution in [1.29, 1.82) is 0 Å². The summed E-state index contributed by atoms with van der Waals surface area (Å²) < 4.78 is 5.04. The number of nitrogen functional groups attached to an aromatic ring is 1. The van der Waals surface area contributed by atoms with E-state index in [-0.39, 0.29) is 0 Å². The number of ether oxygens (including phenoxy) is 1. The van der Waals surface area contributed by atoms with E-state index in [0.29, 0.717) is 34.5 Å². The smallest absolute Gasteiger partial charge is 0.340 e. The van der Waals surface area contributed by atoms with Gasteiger partial charge in [-0.3, -0.25) is 0 Å². The number of nitrogens with two attached hydrogens (primary N) is 1. The summed E-state index contributed by atoms with van der Waals surface area (Å²) in [6.45, 7) is 7.28. The number of rotatable bonds is 8.